The minimum atomic E-state index is -0.904. The predicted octanol–water partition coefficient (Wildman–Crippen LogP) is 2.89. The average Bonchev–Trinajstić information content (AvgIpc) is 2.92. The molecule has 20 heavy (non-hydrogen) atoms. The molecule has 2 rings (SSSR count). The van der Waals surface area contributed by atoms with Gasteiger partial charge in [0, 0.05) is 6.54 Å². The van der Waals surface area contributed by atoms with Crippen molar-refractivity contribution in [2.45, 2.75) is 26.1 Å². The Kier molecular flexibility index (Phi) is 4.53. The van der Waals surface area contributed by atoms with E-state index in [1.54, 1.807) is 42.4 Å². The van der Waals surface area contributed by atoms with Gasteiger partial charge in [-0.15, -0.1) is 0 Å². The second-order valence-corrected chi connectivity index (χ2v) is 4.63. The van der Waals surface area contributed by atoms with Crippen molar-refractivity contribution in [1.29, 1.82) is 0 Å². The standard InChI is InChI=1S/C15H16FNO3/c1-11(15(18)19)17(10-14-3-2-8-20-14)9-12-4-6-13(16)7-5-12/h2-8,11H,9-10H2,1H3,(H,18,19). The zero-order valence-corrected chi connectivity index (χ0v) is 11.1. The summed E-state index contributed by atoms with van der Waals surface area (Å²) in [6.07, 6.45) is 1.55. The highest BCUT2D eigenvalue weighted by Crippen LogP contribution is 2.14. The van der Waals surface area contributed by atoms with Crippen molar-refractivity contribution < 1.29 is 18.7 Å². The second-order valence-electron chi connectivity index (χ2n) is 4.63. The third-order valence-electron chi connectivity index (χ3n) is 3.14. The zero-order valence-electron chi connectivity index (χ0n) is 11.1. The molecule has 0 saturated carbocycles. The lowest BCUT2D eigenvalue weighted by molar-refractivity contribution is -0.143. The predicted molar refractivity (Wildman–Crippen MR) is 71.5 cm³/mol. The maximum Gasteiger partial charge on any atom is 0.320 e. The monoisotopic (exact) mass is 277 g/mol. The molecule has 0 amide bonds. The van der Waals surface area contributed by atoms with Crippen LogP contribution in [0.1, 0.15) is 18.2 Å². The first-order valence-corrected chi connectivity index (χ1v) is 6.30. The highest BCUT2D eigenvalue weighted by molar-refractivity contribution is 5.72. The molecule has 0 aliphatic rings. The van der Waals surface area contributed by atoms with Gasteiger partial charge in [-0.05, 0) is 36.8 Å². The zero-order chi connectivity index (χ0) is 14.5. The van der Waals surface area contributed by atoms with Crippen LogP contribution in [0.25, 0.3) is 0 Å². The molecule has 0 aliphatic heterocycles. The Morgan fingerprint density at radius 3 is 2.55 bits per heavy atom. The van der Waals surface area contributed by atoms with Crippen LogP contribution >= 0.6 is 0 Å². The average molecular weight is 277 g/mol. The lowest BCUT2D eigenvalue weighted by Crippen LogP contribution is -2.37. The van der Waals surface area contributed by atoms with Crippen LogP contribution < -0.4 is 0 Å². The Bertz CT molecular complexity index is 551. The lowest BCUT2D eigenvalue weighted by Gasteiger charge is -2.25. The molecule has 5 heteroatoms. The van der Waals surface area contributed by atoms with E-state index in [2.05, 4.69) is 0 Å². The van der Waals surface area contributed by atoms with Gasteiger partial charge in [0.15, 0.2) is 0 Å². The summed E-state index contributed by atoms with van der Waals surface area (Å²) in [5.74, 6) is -0.517. The SMILES string of the molecule is CC(C(=O)O)N(Cc1ccc(F)cc1)Cc1ccco1. The van der Waals surface area contributed by atoms with Gasteiger partial charge >= 0.3 is 5.97 Å². The van der Waals surface area contributed by atoms with E-state index in [-0.39, 0.29) is 5.82 Å². The van der Waals surface area contributed by atoms with Gasteiger partial charge in [0.2, 0.25) is 0 Å². The number of aliphatic carboxylic acids is 1. The van der Waals surface area contributed by atoms with Gasteiger partial charge in [-0.1, -0.05) is 12.1 Å². The number of rotatable bonds is 6. The van der Waals surface area contributed by atoms with Crippen LogP contribution in [-0.2, 0) is 17.9 Å². The molecule has 0 saturated heterocycles. The van der Waals surface area contributed by atoms with Gasteiger partial charge in [0.25, 0.3) is 0 Å². The molecule has 1 aromatic heterocycles. The summed E-state index contributed by atoms with van der Waals surface area (Å²) in [7, 11) is 0. The maximum absolute atomic E-state index is 12.9. The van der Waals surface area contributed by atoms with Crippen LogP contribution in [-0.4, -0.2) is 22.0 Å². The van der Waals surface area contributed by atoms with Gasteiger partial charge in [-0.25, -0.2) is 4.39 Å². The second kappa shape index (κ2) is 6.34. The van der Waals surface area contributed by atoms with E-state index in [1.807, 2.05) is 0 Å². The first kappa shape index (κ1) is 14.3. The number of carbonyl (C=O) groups is 1. The summed E-state index contributed by atoms with van der Waals surface area (Å²) in [5.41, 5.74) is 0.853. The van der Waals surface area contributed by atoms with Crippen molar-refractivity contribution in [1.82, 2.24) is 4.90 Å². The first-order valence-electron chi connectivity index (χ1n) is 6.30. The molecular weight excluding hydrogens is 261 g/mol. The molecule has 1 aromatic carbocycles. The van der Waals surface area contributed by atoms with E-state index in [0.29, 0.717) is 18.8 Å². The van der Waals surface area contributed by atoms with Crippen LogP contribution in [0.15, 0.2) is 47.1 Å². The van der Waals surface area contributed by atoms with Gasteiger partial charge in [-0.3, -0.25) is 9.69 Å². The molecule has 1 heterocycles. The quantitative estimate of drug-likeness (QED) is 0.882. The number of furan rings is 1. The van der Waals surface area contributed by atoms with Gasteiger partial charge in [-0.2, -0.15) is 0 Å². The molecule has 0 fully saturated rings. The minimum Gasteiger partial charge on any atom is -0.480 e. The van der Waals surface area contributed by atoms with Crippen molar-refractivity contribution in [2.24, 2.45) is 0 Å². The Hall–Kier alpha value is -2.14. The molecule has 0 spiro atoms. The Morgan fingerprint density at radius 2 is 2.00 bits per heavy atom. The third-order valence-corrected chi connectivity index (χ3v) is 3.14. The summed E-state index contributed by atoms with van der Waals surface area (Å²) < 4.78 is 18.1. The highest BCUT2D eigenvalue weighted by atomic mass is 19.1. The van der Waals surface area contributed by atoms with E-state index < -0.39 is 12.0 Å². The van der Waals surface area contributed by atoms with Crippen molar-refractivity contribution in [3.05, 3.63) is 59.8 Å². The Balaban J connectivity index is 2.13. The van der Waals surface area contributed by atoms with Crippen LogP contribution in [0, 0.1) is 5.82 Å². The van der Waals surface area contributed by atoms with Gasteiger partial charge < -0.3 is 9.52 Å². The number of benzene rings is 1. The Morgan fingerprint density at radius 1 is 1.30 bits per heavy atom. The molecule has 0 bridgehead atoms. The van der Waals surface area contributed by atoms with Crippen molar-refractivity contribution >= 4 is 5.97 Å². The summed E-state index contributed by atoms with van der Waals surface area (Å²) in [4.78, 5) is 12.9. The summed E-state index contributed by atoms with van der Waals surface area (Å²) >= 11 is 0. The summed E-state index contributed by atoms with van der Waals surface area (Å²) in [6.45, 7) is 2.42. The fraction of sp³-hybridized carbons (Fsp3) is 0.267. The summed E-state index contributed by atoms with van der Waals surface area (Å²) in [6, 6.07) is 8.93. The van der Waals surface area contributed by atoms with Crippen LogP contribution in [0.5, 0.6) is 0 Å². The molecule has 2 aromatic rings. The molecular formula is C15H16FNO3. The van der Waals surface area contributed by atoms with Crippen molar-refractivity contribution in [3.8, 4) is 0 Å². The van der Waals surface area contributed by atoms with E-state index >= 15 is 0 Å². The topological polar surface area (TPSA) is 53.7 Å². The first-order chi connectivity index (χ1) is 9.56. The highest BCUT2D eigenvalue weighted by Gasteiger charge is 2.21. The number of halogens is 1. The molecule has 106 valence electrons. The maximum atomic E-state index is 12.9. The Labute approximate surface area is 116 Å². The number of hydrogen-bond acceptors (Lipinski definition) is 3. The van der Waals surface area contributed by atoms with Crippen molar-refractivity contribution in [3.63, 3.8) is 0 Å². The molecule has 0 aliphatic carbocycles. The third kappa shape index (κ3) is 3.68. The number of carboxylic acids is 1. The van der Waals surface area contributed by atoms with Crippen LogP contribution in [0.2, 0.25) is 0 Å². The van der Waals surface area contributed by atoms with E-state index in [1.165, 1.54) is 12.1 Å². The van der Waals surface area contributed by atoms with Gasteiger partial charge in [0.1, 0.15) is 17.6 Å². The molecule has 1 atom stereocenters. The van der Waals surface area contributed by atoms with Gasteiger partial charge in [0.05, 0.1) is 12.8 Å². The molecule has 0 radical (unpaired) electrons. The van der Waals surface area contributed by atoms with Crippen LogP contribution in [0.3, 0.4) is 0 Å². The minimum absolute atomic E-state index is 0.308. The largest absolute Gasteiger partial charge is 0.480 e. The fourth-order valence-electron chi connectivity index (χ4n) is 1.91. The molecule has 4 nitrogen and oxygen atoms in total. The number of carboxylic acid groups (broad SMARTS) is 1. The lowest BCUT2D eigenvalue weighted by atomic mass is 10.1. The van der Waals surface area contributed by atoms with E-state index in [4.69, 9.17) is 4.42 Å². The van der Waals surface area contributed by atoms with Crippen LogP contribution in [0.4, 0.5) is 4.39 Å². The number of nitrogens with zero attached hydrogens (tertiary/aromatic N) is 1. The fourth-order valence-corrected chi connectivity index (χ4v) is 1.91. The molecule has 1 unspecified atom stereocenters. The van der Waals surface area contributed by atoms with Crippen molar-refractivity contribution in [2.75, 3.05) is 0 Å². The normalized spacial score (nSPS) is 12.6. The van der Waals surface area contributed by atoms with E-state index in [9.17, 15) is 14.3 Å². The smallest absolute Gasteiger partial charge is 0.320 e. The molecule has 1 N–H and O–H groups in total. The van der Waals surface area contributed by atoms with E-state index in [0.717, 1.165) is 5.56 Å². The number of hydrogen-bond donors (Lipinski definition) is 1. The summed E-state index contributed by atoms with van der Waals surface area (Å²) in [5, 5.41) is 9.17.